The van der Waals surface area contributed by atoms with Crippen LogP contribution >= 0.6 is 9.47 Å². The minimum atomic E-state index is 0.919. The first-order chi connectivity index (χ1) is 6.26. The normalized spacial score (nSPS) is 8.62. The number of benzene rings is 1. The van der Waals surface area contributed by atoms with E-state index in [0.29, 0.717) is 0 Å². The summed E-state index contributed by atoms with van der Waals surface area (Å²) in [4.78, 5) is 0. The van der Waals surface area contributed by atoms with Crippen LogP contribution in [0, 0.1) is 6.92 Å². The Bertz CT molecular complexity index is 221. The molecule has 1 nitrogen and oxygen atoms in total. The van der Waals surface area contributed by atoms with E-state index in [1.807, 2.05) is 31.2 Å². The average Bonchev–Trinajstić information content (AvgIpc) is 2.19. The summed E-state index contributed by atoms with van der Waals surface area (Å²) in [5, 5.41) is 0. The molecule has 0 N–H and O–H groups in total. The van der Waals surface area contributed by atoms with E-state index < -0.39 is 0 Å². The second-order valence-electron chi connectivity index (χ2n) is 2.88. The van der Waals surface area contributed by atoms with Crippen LogP contribution in [-0.2, 0) is 0 Å². The Kier molecular flexibility index (Phi) is 7.73. The van der Waals surface area contributed by atoms with Crippen molar-refractivity contribution < 1.29 is 4.52 Å². The summed E-state index contributed by atoms with van der Waals surface area (Å²) in [5.41, 5.74) is 1.16. The number of aryl methyl sites for hydroxylation is 1. The molecule has 0 aromatic heterocycles. The summed E-state index contributed by atoms with van der Waals surface area (Å²) in [6.45, 7) is 6.37. The van der Waals surface area contributed by atoms with Crippen molar-refractivity contribution in [2.45, 2.75) is 33.6 Å². The van der Waals surface area contributed by atoms with E-state index in [1.165, 1.54) is 12.8 Å². The Balaban J connectivity index is 0.000000310. The van der Waals surface area contributed by atoms with E-state index in [9.17, 15) is 0 Å². The molecule has 0 saturated heterocycles. The van der Waals surface area contributed by atoms with E-state index in [2.05, 4.69) is 23.3 Å². The SMILES string of the molecule is CCCC.Cc1ccccc1OP. The summed E-state index contributed by atoms with van der Waals surface area (Å²) >= 11 is 0. The predicted octanol–water partition coefficient (Wildman–Crippen LogP) is 3.97. The monoisotopic (exact) mass is 198 g/mol. The molecule has 2 heteroatoms. The fraction of sp³-hybridized carbons (Fsp3) is 0.455. The number of unbranched alkanes of at least 4 members (excludes halogenated alkanes) is 1. The molecule has 0 amide bonds. The van der Waals surface area contributed by atoms with Crippen LogP contribution in [0.1, 0.15) is 32.3 Å². The molecule has 0 radical (unpaired) electrons. The van der Waals surface area contributed by atoms with E-state index in [4.69, 9.17) is 4.52 Å². The number of rotatable bonds is 2. The van der Waals surface area contributed by atoms with Gasteiger partial charge >= 0.3 is 0 Å². The van der Waals surface area contributed by atoms with Gasteiger partial charge in [0.05, 0.1) is 9.47 Å². The van der Waals surface area contributed by atoms with E-state index >= 15 is 0 Å². The van der Waals surface area contributed by atoms with Crippen LogP contribution < -0.4 is 4.52 Å². The third kappa shape index (κ3) is 5.65. The zero-order chi connectivity index (χ0) is 10.1. The molecule has 0 aliphatic rings. The predicted molar refractivity (Wildman–Crippen MR) is 62.1 cm³/mol. The molecule has 0 aliphatic carbocycles. The Labute approximate surface area is 83.8 Å². The molecule has 1 aromatic carbocycles. The summed E-state index contributed by atoms with van der Waals surface area (Å²) in [6, 6.07) is 7.89. The van der Waals surface area contributed by atoms with Crippen LogP contribution in [0.2, 0.25) is 0 Å². The lowest BCUT2D eigenvalue weighted by molar-refractivity contribution is 0.640. The third-order valence-corrected chi connectivity index (χ3v) is 1.97. The molecule has 1 atom stereocenters. The van der Waals surface area contributed by atoms with Gasteiger partial charge in [-0.1, -0.05) is 44.9 Å². The van der Waals surface area contributed by atoms with E-state index in [0.717, 1.165) is 11.3 Å². The zero-order valence-corrected chi connectivity index (χ0v) is 9.86. The molecule has 0 spiro atoms. The van der Waals surface area contributed by atoms with Gasteiger partial charge in [-0.25, -0.2) is 0 Å². The smallest absolute Gasteiger partial charge is 0.125 e. The van der Waals surface area contributed by atoms with Crippen molar-refractivity contribution in [3.8, 4) is 5.75 Å². The Morgan fingerprint density at radius 2 is 1.69 bits per heavy atom. The van der Waals surface area contributed by atoms with Crippen LogP contribution in [0.25, 0.3) is 0 Å². The highest BCUT2D eigenvalue weighted by Crippen LogP contribution is 2.17. The average molecular weight is 198 g/mol. The van der Waals surface area contributed by atoms with Crippen molar-refractivity contribution in [1.82, 2.24) is 0 Å². The molecule has 1 aromatic rings. The van der Waals surface area contributed by atoms with Gasteiger partial charge in [0.2, 0.25) is 0 Å². The van der Waals surface area contributed by atoms with Gasteiger partial charge in [0.25, 0.3) is 0 Å². The van der Waals surface area contributed by atoms with Crippen molar-refractivity contribution in [2.75, 3.05) is 0 Å². The van der Waals surface area contributed by atoms with E-state index in [1.54, 1.807) is 0 Å². The molecule has 74 valence electrons. The fourth-order valence-corrected chi connectivity index (χ4v) is 0.953. The van der Waals surface area contributed by atoms with Gasteiger partial charge in [0, 0.05) is 0 Å². The molecular weight excluding hydrogens is 179 g/mol. The zero-order valence-electron chi connectivity index (χ0n) is 8.71. The molecule has 0 heterocycles. The summed E-state index contributed by atoms with van der Waals surface area (Å²) in [5.74, 6) is 0.919. The quantitative estimate of drug-likeness (QED) is 0.653. The molecular formula is C11H19OP. The second-order valence-corrected chi connectivity index (χ2v) is 3.12. The molecule has 0 bridgehead atoms. The second kappa shape index (κ2) is 8.07. The lowest BCUT2D eigenvalue weighted by Crippen LogP contribution is -1.77. The first-order valence-electron chi connectivity index (χ1n) is 4.68. The van der Waals surface area contributed by atoms with Crippen LogP contribution in [0.5, 0.6) is 5.75 Å². The number of hydrogen-bond acceptors (Lipinski definition) is 1. The standard InChI is InChI=1S/C7H9OP.C4H10/c1-6-4-2-3-5-7(6)8-9;1-3-4-2/h2-5H,9H2,1H3;3-4H2,1-2H3. The Morgan fingerprint density at radius 1 is 1.15 bits per heavy atom. The molecule has 1 unspecified atom stereocenters. The van der Waals surface area contributed by atoms with Crippen molar-refractivity contribution in [2.24, 2.45) is 0 Å². The number of para-hydroxylation sites is 1. The van der Waals surface area contributed by atoms with Crippen LogP contribution in [-0.4, -0.2) is 0 Å². The lowest BCUT2D eigenvalue weighted by Gasteiger charge is -2.00. The van der Waals surface area contributed by atoms with Gasteiger partial charge in [0.1, 0.15) is 5.75 Å². The van der Waals surface area contributed by atoms with Crippen molar-refractivity contribution in [3.05, 3.63) is 29.8 Å². The first-order valence-corrected chi connectivity index (χ1v) is 5.15. The maximum Gasteiger partial charge on any atom is 0.125 e. The molecule has 13 heavy (non-hydrogen) atoms. The van der Waals surface area contributed by atoms with Crippen molar-refractivity contribution in [3.63, 3.8) is 0 Å². The highest BCUT2D eigenvalue weighted by molar-refractivity contribution is 7.10. The Morgan fingerprint density at radius 3 is 2.00 bits per heavy atom. The maximum atomic E-state index is 4.96. The summed E-state index contributed by atoms with van der Waals surface area (Å²) in [6.07, 6.45) is 2.64. The van der Waals surface area contributed by atoms with Crippen LogP contribution in [0.4, 0.5) is 0 Å². The molecule has 0 fully saturated rings. The van der Waals surface area contributed by atoms with E-state index in [-0.39, 0.29) is 0 Å². The van der Waals surface area contributed by atoms with Gasteiger partial charge in [0.15, 0.2) is 0 Å². The lowest BCUT2D eigenvalue weighted by atomic mass is 10.2. The fourth-order valence-electron chi connectivity index (χ4n) is 0.689. The molecule has 0 aliphatic heterocycles. The van der Waals surface area contributed by atoms with Gasteiger partial charge in [-0.2, -0.15) is 0 Å². The third-order valence-electron chi connectivity index (χ3n) is 1.72. The highest BCUT2D eigenvalue weighted by Gasteiger charge is 1.91. The first kappa shape index (κ1) is 12.4. The minimum Gasteiger partial charge on any atom is -0.480 e. The van der Waals surface area contributed by atoms with Gasteiger partial charge in [-0.15, -0.1) is 0 Å². The largest absolute Gasteiger partial charge is 0.480 e. The summed E-state index contributed by atoms with van der Waals surface area (Å²) < 4.78 is 4.96. The number of hydrogen-bond donors (Lipinski definition) is 0. The molecule has 1 rings (SSSR count). The maximum absolute atomic E-state index is 4.96. The topological polar surface area (TPSA) is 9.23 Å². The Hall–Kier alpha value is -0.550. The van der Waals surface area contributed by atoms with Crippen LogP contribution in [0.15, 0.2) is 24.3 Å². The summed E-state index contributed by atoms with van der Waals surface area (Å²) in [7, 11) is 2.23. The van der Waals surface area contributed by atoms with Crippen molar-refractivity contribution >= 4 is 9.47 Å². The van der Waals surface area contributed by atoms with Gasteiger partial charge in [-0.05, 0) is 18.6 Å². The van der Waals surface area contributed by atoms with Gasteiger partial charge < -0.3 is 4.52 Å². The minimum absolute atomic E-state index is 0.919. The molecule has 0 saturated carbocycles. The highest BCUT2D eigenvalue weighted by atomic mass is 31.0. The van der Waals surface area contributed by atoms with Gasteiger partial charge in [-0.3, -0.25) is 0 Å². The van der Waals surface area contributed by atoms with Crippen molar-refractivity contribution in [1.29, 1.82) is 0 Å². The van der Waals surface area contributed by atoms with Crippen LogP contribution in [0.3, 0.4) is 0 Å².